The fourth-order valence-corrected chi connectivity index (χ4v) is 2.12. The van der Waals surface area contributed by atoms with E-state index < -0.39 is 0 Å². The molecule has 0 bridgehead atoms. The number of rotatable bonds is 6. The van der Waals surface area contributed by atoms with Crippen molar-refractivity contribution in [1.29, 1.82) is 0 Å². The van der Waals surface area contributed by atoms with Crippen molar-refractivity contribution in [2.75, 3.05) is 5.75 Å². The van der Waals surface area contributed by atoms with Gasteiger partial charge in [-0.25, -0.2) is 0 Å². The summed E-state index contributed by atoms with van der Waals surface area (Å²) in [6, 6.07) is 0. The second-order valence-corrected chi connectivity index (χ2v) is 4.73. The smallest absolute Gasteiger partial charge is 0.0700 e. The molecule has 0 heterocycles. The number of unbranched alkanes of at least 4 members (excludes halogenated alkanes) is 2. The molecule has 0 spiro atoms. The molecule has 0 rings (SSSR count). The molecule has 0 N–H and O–H groups in total. The molecule has 0 aromatic heterocycles. The molecular formula is C9H19MoS2+. The van der Waals surface area contributed by atoms with Crippen molar-refractivity contribution < 1.29 is 21.1 Å². The number of hydrogen-bond acceptors (Lipinski definition) is 1. The van der Waals surface area contributed by atoms with E-state index in [9.17, 15) is 0 Å². The summed E-state index contributed by atoms with van der Waals surface area (Å²) in [5, 5.41) is 0. The summed E-state index contributed by atoms with van der Waals surface area (Å²) in [5.41, 5.74) is 0. The van der Waals surface area contributed by atoms with Gasteiger partial charge in [-0.1, -0.05) is 38.5 Å². The Hall–Kier alpha value is 1.13. The third kappa shape index (κ3) is 11.1. The zero-order valence-corrected chi connectivity index (χ0v) is 11.7. The molecule has 3 heteroatoms. The van der Waals surface area contributed by atoms with Gasteiger partial charge in [-0.2, -0.15) is 0 Å². The second kappa shape index (κ2) is 12.1. The van der Waals surface area contributed by atoms with Crippen LogP contribution in [0.2, 0.25) is 0 Å². The Morgan fingerprint density at radius 2 is 1.75 bits per heavy atom. The van der Waals surface area contributed by atoms with Crippen LogP contribution in [0.15, 0.2) is 0 Å². The van der Waals surface area contributed by atoms with Gasteiger partial charge in [-0.3, -0.25) is 0 Å². The van der Waals surface area contributed by atoms with E-state index in [1.165, 1.54) is 42.1 Å². The largest absolute Gasteiger partial charge is 0.232 e. The fraction of sp³-hybridized carbons (Fsp3) is 0.889. The van der Waals surface area contributed by atoms with Crippen molar-refractivity contribution >= 4 is 28.2 Å². The van der Waals surface area contributed by atoms with Crippen LogP contribution < -0.4 is 0 Å². The molecule has 0 fully saturated rings. The van der Waals surface area contributed by atoms with E-state index >= 15 is 0 Å². The molecule has 0 aromatic rings. The van der Waals surface area contributed by atoms with Crippen LogP contribution in [0.1, 0.15) is 46.0 Å². The average molecular weight is 287 g/mol. The first-order valence-electron chi connectivity index (χ1n) is 4.48. The van der Waals surface area contributed by atoms with Gasteiger partial charge in [0.25, 0.3) is 0 Å². The molecule has 0 aliphatic carbocycles. The molecule has 72 valence electrons. The summed E-state index contributed by atoms with van der Waals surface area (Å²) < 4.78 is 1.32. The van der Waals surface area contributed by atoms with E-state index in [4.69, 9.17) is 0 Å². The quantitative estimate of drug-likeness (QED) is 0.238. The standard InChI is InChI=1S/C9H18S2.Mo/c1-3-5-7-9(10)11-8-6-4-2;/h3-8H2,1-2H3;/p+1. The third-order valence-electron chi connectivity index (χ3n) is 1.51. The summed E-state index contributed by atoms with van der Waals surface area (Å²) >= 11 is 6.34. The molecule has 0 nitrogen and oxygen atoms in total. The van der Waals surface area contributed by atoms with Crippen molar-refractivity contribution in [3.05, 3.63) is 0 Å². The molecule has 0 unspecified atom stereocenters. The predicted molar refractivity (Wildman–Crippen MR) is 60.7 cm³/mol. The molecule has 0 saturated carbocycles. The molecule has 0 atom stereocenters. The Labute approximate surface area is 101 Å². The van der Waals surface area contributed by atoms with Crippen LogP contribution in [-0.4, -0.2) is 9.95 Å². The van der Waals surface area contributed by atoms with E-state index in [1.807, 2.05) is 11.8 Å². The molecule has 12 heavy (non-hydrogen) atoms. The van der Waals surface area contributed by atoms with Crippen LogP contribution in [0.25, 0.3) is 0 Å². The topological polar surface area (TPSA) is 0 Å². The minimum absolute atomic E-state index is 0. The predicted octanol–water partition coefficient (Wildman–Crippen LogP) is 3.12. The number of hydrogen-bond donors (Lipinski definition) is 0. The normalized spacial score (nSPS) is 9.17. The first kappa shape index (κ1) is 15.6. The molecule has 0 radical (unpaired) electrons. The summed E-state index contributed by atoms with van der Waals surface area (Å²) in [5.74, 6) is 1.25. The van der Waals surface area contributed by atoms with Gasteiger partial charge < -0.3 is 0 Å². The van der Waals surface area contributed by atoms with Gasteiger partial charge in [0.15, 0.2) is 12.2 Å². The SMILES string of the molecule is CCCCSC(=[SH+])CCCC.[Mo]. The molecule has 0 aliphatic rings. The van der Waals surface area contributed by atoms with Gasteiger partial charge in [-0.15, -0.1) is 0 Å². The van der Waals surface area contributed by atoms with Crippen molar-refractivity contribution in [2.24, 2.45) is 0 Å². The molecule has 0 amide bonds. The van der Waals surface area contributed by atoms with Gasteiger partial charge in [0.05, 0.1) is 0 Å². The Bertz CT molecular complexity index is 105. The molecular weight excluding hydrogens is 268 g/mol. The van der Waals surface area contributed by atoms with Crippen molar-refractivity contribution in [1.82, 2.24) is 0 Å². The first-order valence-corrected chi connectivity index (χ1v) is 5.92. The van der Waals surface area contributed by atoms with Gasteiger partial charge >= 0.3 is 0 Å². The van der Waals surface area contributed by atoms with Crippen molar-refractivity contribution in [3.8, 4) is 0 Å². The number of thioether (sulfide) groups is 1. The Morgan fingerprint density at radius 3 is 2.25 bits per heavy atom. The van der Waals surface area contributed by atoms with Crippen LogP contribution in [-0.2, 0) is 33.3 Å². The van der Waals surface area contributed by atoms with E-state index in [1.54, 1.807) is 0 Å². The average Bonchev–Trinajstić information content (AvgIpc) is 2.01. The van der Waals surface area contributed by atoms with E-state index in [0.29, 0.717) is 0 Å². The van der Waals surface area contributed by atoms with Crippen LogP contribution in [0.5, 0.6) is 0 Å². The van der Waals surface area contributed by atoms with Crippen molar-refractivity contribution in [2.45, 2.75) is 46.0 Å². The Balaban J connectivity index is 0. The Kier molecular flexibility index (Phi) is 15.8. The van der Waals surface area contributed by atoms with Crippen LogP contribution in [0, 0.1) is 0 Å². The summed E-state index contributed by atoms with van der Waals surface area (Å²) in [4.78, 5) is 0. The molecule has 0 aliphatic heterocycles. The maximum absolute atomic E-state index is 4.42. The maximum atomic E-state index is 4.42. The molecule has 0 saturated heterocycles. The Morgan fingerprint density at radius 1 is 1.17 bits per heavy atom. The minimum atomic E-state index is 0. The van der Waals surface area contributed by atoms with Gasteiger partial charge in [-0.05, 0) is 12.8 Å². The third-order valence-corrected chi connectivity index (χ3v) is 3.15. The van der Waals surface area contributed by atoms with E-state index in [2.05, 4.69) is 26.1 Å². The van der Waals surface area contributed by atoms with Gasteiger partial charge in [0.1, 0.15) is 0 Å². The second-order valence-electron chi connectivity index (χ2n) is 2.70. The maximum Gasteiger partial charge on any atom is 0.232 e. The van der Waals surface area contributed by atoms with Crippen LogP contribution in [0.3, 0.4) is 0 Å². The van der Waals surface area contributed by atoms with Gasteiger partial charge in [0, 0.05) is 33.2 Å². The minimum Gasteiger partial charge on any atom is -0.0700 e. The van der Waals surface area contributed by atoms with Gasteiger partial charge in [0.2, 0.25) is 4.20 Å². The summed E-state index contributed by atoms with van der Waals surface area (Å²) in [7, 11) is 0. The van der Waals surface area contributed by atoms with Crippen LogP contribution in [0.4, 0.5) is 0 Å². The zero-order chi connectivity index (χ0) is 8.53. The first-order chi connectivity index (χ1) is 5.31. The van der Waals surface area contributed by atoms with E-state index in [0.717, 1.165) is 0 Å². The zero-order valence-electron chi connectivity index (χ0n) is 8.01. The monoisotopic (exact) mass is 289 g/mol. The van der Waals surface area contributed by atoms with Crippen LogP contribution >= 0.6 is 11.8 Å². The van der Waals surface area contributed by atoms with E-state index in [-0.39, 0.29) is 21.1 Å². The fourth-order valence-electron chi connectivity index (χ4n) is 0.734. The number of thiol groups is 1. The summed E-state index contributed by atoms with van der Waals surface area (Å²) in [6.07, 6.45) is 6.37. The van der Waals surface area contributed by atoms with Crippen molar-refractivity contribution in [3.63, 3.8) is 0 Å². The summed E-state index contributed by atoms with van der Waals surface area (Å²) in [6.45, 7) is 4.45. The molecule has 0 aromatic carbocycles.